The number of phenolic OH excluding ortho intramolecular Hbond substituents is 1. The first-order chi connectivity index (χ1) is 13.1. The quantitative estimate of drug-likeness (QED) is 0.739. The van der Waals surface area contributed by atoms with Crippen molar-refractivity contribution in [2.24, 2.45) is 0 Å². The number of ether oxygens (including phenoxy) is 2. The van der Waals surface area contributed by atoms with Crippen LogP contribution in [-0.4, -0.2) is 46.9 Å². The number of anilines is 1. The average molecular weight is 391 g/mol. The third kappa shape index (κ3) is 3.32. The van der Waals surface area contributed by atoms with E-state index in [1.54, 1.807) is 22.9 Å². The maximum absolute atomic E-state index is 12.8. The third-order valence-electron chi connectivity index (χ3n) is 4.93. The maximum atomic E-state index is 12.8. The Morgan fingerprint density at radius 3 is 2.78 bits per heavy atom. The van der Waals surface area contributed by atoms with E-state index in [1.807, 2.05) is 0 Å². The summed E-state index contributed by atoms with van der Waals surface area (Å²) < 4.78 is 12.3. The number of aromatic hydroxyl groups is 1. The predicted molar refractivity (Wildman–Crippen MR) is 102 cm³/mol. The van der Waals surface area contributed by atoms with Gasteiger partial charge < -0.3 is 19.9 Å². The topological polar surface area (TPSA) is 106 Å². The minimum atomic E-state index is -0.374. The van der Waals surface area contributed by atoms with Crippen molar-refractivity contribution in [1.82, 2.24) is 9.78 Å². The number of aromatic nitrogens is 2. The molecule has 1 amide bonds. The number of thioether (sulfide) groups is 1. The molecule has 3 heterocycles. The summed E-state index contributed by atoms with van der Waals surface area (Å²) in [6.07, 6.45) is 1.54. The van der Waals surface area contributed by atoms with Crippen LogP contribution in [-0.2, 0) is 9.53 Å². The molecule has 1 fully saturated rings. The van der Waals surface area contributed by atoms with Gasteiger partial charge in [0.05, 0.1) is 29.7 Å². The van der Waals surface area contributed by atoms with E-state index >= 15 is 0 Å². The van der Waals surface area contributed by atoms with Gasteiger partial charge in [-0.1, -0.05) is 6.07 Å². The number of phenols is 1. The zero-order chi connectivity index (χ0) is 19.0. The fraction of sp³-hybridized carbons (Fsp3) is 0.444. The molecule has 0 radical (unpaired) electrons. The van der Waals surface area contributed by atoms with E-state index in [2.05, 4.69) is 10.4 Å². The largest absolute Gasteiger partial charge is 0.504 e. The van der Waals surface area contributed by atoms with Gasteiger partial charge in [-0.2, -0.15) is 0 Å². The van der Waals surface area contributed by atoms with Crippen LogP contribution in [0.25, 0.3) is 0 Å². The Hall–Kier alpha value is -2.39. The monoisotopic (exact) mass is 391 g/mol. The van der Waals surface area contributed by atoms with Crippen LogP contribution in [0.3, 0.4) is 0 Å². The summed E-state index contributed by atoms with van der Waals surface area (Å²) in [7, 11) is 1.48. The van der Waals surface area contributed by atoms with Gasteiger partial charge in [0.2, 0.25) is 5.91 Å². The SMILES string of the molecule is COc1ccc([C@@H]2SCC(=O)Nc3c2c(=O)[nH]n3C2CCOCC2)cc1O. The molecule has 0 unspecified atom stereocenters. The zero-order valence-corrected chi connectivity index (χ0v) is 15.7. The van der Waals surface area contributed by atoms with E-state index < -0.39 is 0 Å². The van der Waals surface area contributed by atoms with Gasteiger partial charge in [-0.15, -0.1) is 11.8 Å². The third-order valence-corrected chi connectivity index (χ3v) is 6.20. The number of benzene rings is 1. The smallest absolute Gasteiger partial charge is 0.270 e. The molecule has 9 heteroatoms. The molecule has 0 spiro atoms. The lowest BCUT2D eigenvalue weighted by Gasteiger charge is -2.25. The average Bonchev–Trinajstić information content (AvgIpc) is 2.88. The summed E-state index contributed by atoms with van der Waals surface area (Å²) >= 11 is 1.36. The van der Waals surface area contributed by atoms with Crippen LogP contribution < -0.4 is 15.6 Å². The number of H-pyrrole nitrogens is 1. The zero-order valence-electron chi connectivity index (χ0n) is 14.9. The predicted octanol–water partition coefficient (Wildman–Crippen LogP) is 2.02. The van der Waals surface area contributed by atoms with Crippen LogP contribution in [0.5, 0.6) is 11.5 Å². The van der Waals surface area contributed by atoms with Crippen molar-refractivity contribution in [2.75, 3.05) is 31.4 Å². The second-order valence-electron chi connectivity index (χ2n) is 6.59. The number of aromatic amines is 1. The van der Waals surface area contributed by atoms with Gasteiger partial charge in [0, 0.05) is 13.2 Å². The number of methoxy groups -OCH3 is 1. The minimum Gasteiger partial charge on any atom is -0.504 e. The van der Waals surface area contributed by atoms with Crippen LogP contribution >= 0.6 is 11.8 Å². The molecule has 2 aromatic rings. The maximum Gasteiger partial charge on any atom is 0.270 e. The molecule has 27 heavy (non-hydrogen) atoms. The van der Waals surface area contributed by atoms with Gasteiger partial charge in [0.25, 0.3) is 5.56 Å². The lowest BCUT2D eigenvalue weighted by atomic mass is 10.0. The lowest BCUT2D eigenvalue weighted by Crippen LogP contribution is -2.24. The molecule has 0 saturated carbocycles. The highest BCUT2D eigenvalue weighted by Gasteiger charge is 2.33. The molecule has 1 aromatic carbocycles. The number of carbonyl (C=O) groups excluding carboxylic acids is 1. The van der Waals surface area contributed by atoms with Crippen molar-refractivity contribution in [3.63, 3.8) is 0 Å². The number of hydrogen-bond acceptors (Lipinski definition) is 6. The van der Waals surface area contributed by atoms with Crippen LogP contribution in [0.4, 0.5) is 5.82 Å². The summed E-state index contributed by atoms with van der Waals surface area (Å²) in [6, 6.07) is 5.13. The van der Waals surface area contributed by atoms with Crippen molar-refractivity contribution < 1.29 is 19.4 Å². The van der Waals surface area contributed by atoms with Crippen LogP contribution in [0, 0.1) is 0 Å². The summed E-state index contributed by atoms with van der Waals surface area (Å²) in [5.74, 6) is 0.948. The second-order valence-corrected chi connectivity index (χ2v) is 7.68. The van der Waals surface area contributed by atoms with E-state index in [-0.39, 0.29) is 34.3 Å². The van der Waals surface area contributed by atoms with E-state index in [4.69, 9.17) is 9.47 Å². The number of rotatable bonds is 3. The second kappa shape index (κ2) is 7.32. The highest BCUT2D eigenvalue weighted by molar-refractivity contribution is 8.00. The van der Waals surface area contributed by atoms with Crippen LogP contribution in [0.2, 0.25) is 0 Å². The van der Waals surface area contributed by atoms with Gasteiger partial charge in [0.15, 0.2) is 11.5 Å². The first-order valence-electron chi connectivity index (χ1n) is 8.79. The van der Waals surface area contributed by atoms with E-state index in [9.17, 15) is 14.7 Å². The molecular weight excluding hydrogens is 370 g/mol. The summed E-state index contributed by atoms with van der Waals surface area (Å²) in [4.78, 5) is 25.1. The van der Waals surface area contributed by atoms with Gasteiger partial charge >= 0.3 is 0 Å². The summed E-state index contributed by atoms with van der Waals surface area (Å²) in [6.45, 7) is 1.25. The molecule has 1 aromatic heterocycles. The number of carbonyl (C=O) groups is 1. The van der Waals surface area contributed by atoms with Gasteiger partial charge in [-0.05, 0) is 30.5 Å². The molecule has 8 nitrogen and oxygen atoms in total. The number of nitrogens with one attached hydrogen (secondary N) is 2. The van der Waals surface area contributed by atoms with Crippen LogP contribution in [0.1, 0.15) is 35.3 Å². The number of hydrogen-bond donors (Lipinski definition) is 3. The lowest BCUT2D eigenvalue weighted by molar-refractivity contribution is -0.113. The van der Waals surface area contributed by atoms with Crippen molar-refractivity contribution >= 4 is 23.5 Å². The number of amides is 1. The van der Waals surface area contributed by atoms with Crippen molar-refractivity contribution in [3.8, 4) is 11.5 Å². The number of nitrogens with zero attached hydrogens (tertiary/aromatic N) is 1. The van der Waals surface area contributed by atoms with Gasteiger partial charge in [-0.25, -0.2) is 0 Å². The van der Waals surface area contributed by atoms with Crippen molar-refractivity contribution in [1.29, 1.82) is 0 Å². The molecule has 1 saturated heterocycles. The normalized spacial score (nSPS) is 20.6. The highest BCUT2D eigenvalue weighted by Crippen LogP contribution is 2.43. The Labute approximate surface area is 159 Å². The van der Waals surface area contributed by atoms with Crippen molar-refractivity contribution in [3.05, 3.63) is 39.7 Å². The van der Waals surface area contributed by atoms with Gasteiger partial charge in [-0.3, -0.25) is 19.4 Å². The molecule has 0 bridgehead atoms. The van der Waals surface area contributed by atoms with E-state index in [0.717, 1.165) is 18.4 Å². The molecule has 0 aliphatic carbocycles. The Morgan fingerprint density at radius 1 is 1.30 bits per heavy atom. The first kappa shape index (κ1) is 18.0. The molecule has 3 N–H and O–H groups in total. The minimum absolute atomic E-state index is 0.000901. The number of fused-ring (bicyclic) bond motifs is 1. The molecule has 144 valence electrons. The highest BCUT2D eigenvalue weighted by atomic mass is 32.2. The van der Waals surface area contributed by atoms with Crippen molar-refractivity contribution in [2.45, 2.75) is 24.1 Å². The van der Waals surface area contributed by atoms with E-state index in [0.29, 0.717) is 30.3 Å². The Balaban J connectivity index is 1.80. The Kier molecular flexibility index (Phi) is 4.88. The van der Waals surface area contributed by atoms with Gasteiger partial charge in [0.1, 0.15) is 5.82 Å². The molecular formula is C18H21N3O5S. The standard InChI is InChI=1S/C18H21N3O5S/c1-25-13-3-2-10(8-12(13)22)16-15-17(19-14(23)9-27-16)21(20-18(15)24)11-4-6-26-7-5-11/h2-3,8,11,16,22H,4-7,9H2,1H3,(H,19,23)(H,20,24)/t16-/m0/s1. The Morgan fingerprint density at radius 2 is 2.07 bits per heavy atom. The molecule has 2 aliphatic heterocycles. The fourth-order valence-corrected chi connectivity index (χ4v) is 4.71. The first-order valence-corrected chi connectivity index (χ1v) is 9.84. The fourth-order valence-electron chi connectivity index (χ4n) is 3.59. The Bertz CT molecular complexity index is 916. The summed E-state index contributed by atoms with van der Waals surface area (Å²) in [5.41, 5.74) is 1.01. The molecule has 2 aliphatic rings. The molecule has 1 atom stereocenters. The molecule has 4 rings (SSSR count). The van der Waals surface area contributed by atoms with E-state index in [1.165, 1.54) is 18.9 Å². The van der Waals surface area contributed by atoms with Crippen LogP contribution in [0.15, 0.2) is 23.0 Å². The summed E-state index contributed by atoms with van der Waals surface area (Å²) in [5, 5.41) is 15.6.